The van der Waals surface area contributed by atoms with Gasteiger partial charge in [0.05, 0.1) is 5.69 Å². The topological polar surface area (TPSA) is 32.3 Å². The summed E-state index contributed by atoms with van der Waals surface area (Å²) in [5.74, 6) is 1.14. The third-order valence-corrected chi connectivity index (χ3v) is 5.07. The second-order valence-corrected chi connectivity index (χ2v) is 6.79. The number of nitrogens with zero attached hydrogens (tertiary/aromatic N) is 1. The molecule has 1 aromatic carbocycles. The summed E-state index contributed by atoms with van der Waals surface area (Å²) in [5.41, 5.74) is 2.26. The highest BCUT2D eigenvalue weighted by Crippen LogP contribution is 2.43. The maximum Gasteiger partial charge on any atom is 0.228 e. The van der Waals surface area contributed by atoms with Crippen LogP contribution in [0.2, 0.25) is 0 Å². The van der Waals surface area contributed by atoms with E-state index in [1.807, 2.05) is 23.7 Å². The van der Waals surface area contributed by atoms with E-state index in [2.05, 4.69) is 47.2 Å². The number of rotatable bonds is 3. The minimum atomic E-state index is 0.188. The van der Waals surface area contributed by atoms with Gasteiger partial charge in [-0.1, -0.05) is 0 Å². The van der Waals surface area contributed by atoms with Crippen LogP contribution in [-0.2, 0) is 4.79 Å². The van der Waals surface area contributed by atoms with Gasteiger partial charge >= 0.3 is 0 Å². The summed E-state index contributed by atoms with van der Waals surface area (Å²) in [4.78, 5) is 15.6. The second-order valence-electron chi connectivity index (χ2n) is 4.87. The Labute approximate surface area is 127 Å². The van der Waals surface area contributed by atoms with Gasteiger partial charge in [0.2, 0.25) is 5.91 Å². The highest BCUT2D eigenvalue weighted by atomic mass is 79.9. The zero-order chi connectivity index (χ0) is 14.0. The van der Waals surface area contributed by atoms with E-state index in [-0.39, 0.29) is 11.9 Å². The Bertz CT molecular complexity index is 493. The van der Waals surface area contributed by atoms with Crippen LogP contribution in [0.15, 0.2) is 21.5 Å². The van der Waals surface area contributed by atoms with E-state index in [1.165, 1.54) is 10.5 Å². The molecule has 0 aromatic heterocycles. The predicted molar refractivity (Wildman–Crippen MR) is 85.1 cm³/mol. The first kappa shape index (κ1) is 14.9. The molecule has 1 amide bonds. The molecule has 0 bridgehead atoms. The molecule has 1 unspecified atom stereocenters. The van der Waals surface area contributed by atoms with Crippen molar-refractivity contribution in [2.24, 2.45) is 0 Å². The van der Waals surface area contributed by atoms with E-state index in [9.17, 15) is 4.79 Å². The van der Waals surface area contributed by atoms with Gasteiger partial charge in [0.1, 0.15) is 0 Å². The normalized spacial score (nSPS) is 18.3. The Balaban J connectivity index is 2.37. The van der Waals surface area contributed by atoms with Gasteiger partial charge in [0.15, 0.2) is 0 Å². The molecule has 19 heavy (non-hydrogen) atoms. The van der Waals surface area contributed by atoms with Crippen LogP contribution < -0.4 is 10.2 Å². The van der Waals surface area contributed by atoms with Crippen molar-refractivity contribution in [1.29, 1.82) is 0 Å². The number of aryl methyl sites for hydroxylation is 1. The summed E-state index contributed by atoms with van der Waals surface area (Å²) in [7, 11) is 1.87. The molecule has 0 spiro atoms. The van der Waals surface area contributed by atoms with Crippen molar-refractivity contribution in [1.82, 2.24) is 5.32 Å². The molecular weight excluding hydrogens is 324 g/mol. The van der Waals surface area contributed by atoms with E-state index in [4.69, 9.17) is 0 Å². The van der Waals surface area contributed by atoms with Crippen LogP contribution in [0.3, 0.4) is 0 Å². The lowest BCUT2D eigenvalue weighted by molar-refractivity contribution is -0.118. The first-order valence-corrected chi connectivity index (χ1v) is 8.22. The largest absolute Gasteiger partial charge is 0.319 e. The lowest BCUT2D eigenvalue weighted by Gasteiger charge is -2.36. The van der Waals surface area contributed by atoms with E-state index < -0.39 is 0 Å². The molecule has 1 aliphatic rings. The van der Waals surface area contributed by atoms with Crippen molar-refractivity contribution in [3.63, 3.8) is 0 Å². The molecule has 1 atom stereocenters. The van der Waals surface area contributed by atoms with Gasteiger partial charge in [0, 0.05) is 34.1 Å². The first-order chi connectivity index (χ1) is 9.04. The standard InChI is InChI=1S/C14H19BrN2OS/c1-9-6-11(15)14-12(7-9)19-8-10(2)17(14)13(18)4-5-16-3/h6-7,10,16H,4-5,8H2,1-3H3. The summed E-state index contributed by atoms with van der Waals surface area (Å²) in [5, 5.41) is 3.04. The summed E-state index contributed by atoms with van der Waals surface area (Å²) >= 11 is 5.45. The first-order valence-electron chi connectivity index (χ1n) is 6.44. The van der Waals surface area contributed by atoms with Gasteiger partial charge in [-0.3, -0.25) is 4.79 Å². The van der Waals surface area contributed by atoms with Crippen molar-refractivity contribution >= 4 is 39.3 Å². The van der Waals surface area contributed by atoms with Crippen LogP contribution in [-0.4, -0.2) is 31.3 Å². The minimum Gasteiger partial charge on any atom is -0.319 e. The fraction of sp³-hybridized carbons (Fsp3) is 0.500. The molecule has 104 valence electrons. The summed E-state index contributed by atoms with van der Waals surface area (Å²) < 4.78 is 1.01. The number of anilines is 1. The molecule has 0 fully saturated rings. The average Bonchev–Trinajstić information content (AvgIpc) is 2.36. The molecular formula is C14H19BrN2OS. The van der Waals surface area contributed by atoms with Crippen LogP contribution in [0, 0.1) is 6.92 Å². The third kappa shape index (κ3) is 3.15. The summed E-state index contributed by atoms with van der Waals surface area (Å²) in [6.45, 7) is 4.91. The van der Waals surface area contributed by atoms with E-state index in [0.29, 0.717) is 13.0 Å². The number of benzene rings is 1. The van der Waals surface area contributed by atoms with Crippen LogP contribution in [0.4, 0.5) is 5.69 Å². The summed E-state index contributed by atoms with van der Waals surface area (Å²) in [6.07, 6.45) is 0.533. The maximum atomic E-state index is 12.4. The molecule has 0 radical (unpaired) electrons. The smallest absolute Gasteiger partial charge is 0.228 e. The summed E-state index contributed by atoms with van der Waals surface area (Å²) in [6, 6.07) is 4.48. The van der Waals surface area contributed by atoms with Crippen molar-refractivity contribution in [2.45, 2.75) is 31.2 Å². The number of amides is 1. The van der Waals surface area contributed by atoms with E-state index in [1.54, 1.807) is 0 Å². The molecule has 1 N–H and O–H groups in total. The second kappa shape index (κ2) is 6.29. The maximum absolute atomic E-state index is 12.4. The predicted octanol–water partition coefficient (Wildman–Crippen LogP) is 3.19. The number of halogens is 1. The molecule has 5 heteroatoms. The Kier molecular flexibility index (Phi) is 4.92. The number of carbonyl (C=O) groups is 1. The molecule has 2 rings (SSSR count). The Hall–Kier alpha value is -0.520. The van der Waals surface area contributed by atoms with Crippen LogP contribution >= 0.6 is 27.7 Å². The number of nitrogens with one attached hydrogen (secondary N) is 1. The molecule has 1 heterocycles. The van der Waals surface area contributed by atoms with Gasteiger partial charge in [-0.15, -0.1) is 11.8 Å². The Morgan fingerprint density at radius 2 is 2.32 bits per heavy atom. The highest BCUT2D eigenvalue weighted by molar-refractivity contribution is 9.10. The zero-order valence-corrected chi connectivity index (χ0v) is 13.9. The van der Waals surface area contributed by atoms with Crippen molar-refractivity contribution in [3.05, 3.63) is 22.2 Å². The van der Waals surface area contributed by atoms with Crippen LogP contribution in [0.1, 0.15) is 18.9 Å². The zero-order valence-electron chi connectivity index (χ0n) is 11.5. The molecule has 0 saturated carbocycles. The average molecular weight is 343 g/mol. The van der Waals surface area contributed by atoms with Gasteiger partial charge in [-0.05, 0) is 54.5 Å². The number of hydrogen-bond donors (Lipinski definition) is 1. The SMILES string of the molecule is CNCCC(=O)N1c2c(Br)cc(C)cc2SCC1C. The molecule has 0 aliphatic carbocycles. The van der Waals surface area contributed by atoms with Crippen molar-refractivity contribution in [3.8, 4) is 0 Å². The Morgan fingerprint density at radius 1 is 1.58 bits per heavy atom. The van der Waals surface area contributed by atoms with Gasteiger partial charge in [-0.2, -0.15) is 0 Å². The van der Waals surface area contributed by atoms with Crippen LogP contribution in [0.25, 0.3) is 0 Å². The lowest BCUT2D eigenvalue weighted by Crippen LogP contribution is -2.43. The van der Waals surface area contributed by atoms with Crippen LogP contribution in [0.5, 0.6) is 0 Å². The molecule has 0 saturated heterocycles. The number of carbonyl (C=O) groups excluding carboxylic acids is 1. The number of thioether (sulfide) groups is 1. The van der Waals surface area contributed by atoms with E-state index >= 15 is 0 Å². The molecule has 1 aliphatic heterocycles. The van der Waals surface area contributed by atoms with Gasteiger partial charge in [-0.25, -0.2) is 0 Å². The monoisotopic (exact) mass is 342 g/mol. The molecule has 3 nitrogen and oxygen atoms in total. The fourth-order valence-electron chi connectivity index (χ4n) is 2.27. The lowest BCUT2D eigenvalue weighted by atomic mass is 10.1. The van der Waals surface area contributed by atoms with Crippen molar-refractivity contribution in [2.75, 3.05) is 24.2 Å². The number of hydrogen-bond acceptors (Lipinski definition) is 3. The Morgan fingerprint density at radius 3 is 3.00 bits per heavy atom. The number of fused-ring (bicyclic) bond motifs is 1. The minimum absolute atomic E-state index is 0.188. The highest BCUT2D eigenvalue weighted by Gasteiger charge is 2.30. The van der Waals surface area contributed by atoms with Gasteiger partial charge < -0.3 is 10.2 Å². The van der Waals surface area contributed by atoms with Gasteiger partial charge in [0.25, 0.3) is 0 Å². The molecule has 1 aromatic rings. The third-order valence-electron chi connectivity index (χ3n) is 3.19. The quantitative estimate of drug-likeness (QED) is 0.915. The van der Waals surface area contributed by atoms with E-state index in [0.717, 1.165) is 15.9 Å². The van der Waals surface area contributed by atoms with Crippen molar-refractivity contribution < 1.29 is 4.79 Å². The fourth-order valence-corrected chi connectivity index (χ4v) is 4.36.